The molecule has 2 aliphatic rings. The van der Waals surface area contributed by atoms with E-state index in [4.69, 9.17) is 4.98 Å². The summed E-state index contributed by atoms with van der Waals surface area (Å²) in [6, 6.07) is 9.76. The topological polar surface area (TPSA) is 108 Å². The molecule has 0 radical (unpaired) electrons. The van der Waals surface area contributed by atoms with Gasteiger partial charge in [0.25, 0.3) is 5.91 Å². The second kappa shape index (κ2) is 7.86. The van der Waals surface area contributed by atoms with Gasteiger partial charge in [0.2, 0.25) is 0 Å². The lowest BCUT2D eigenvalue weighted by Gasteiger charge is -2.31. The summed E-state index contributed by atoms with van der Waals surface area (Å²) in [7, 11) is 0. The minimum absolute atomic E-state index is 0.125. The number of nitrogens with zero attached hydrogens (tertiary/aromatic N) is 5. The number of rotatable bonds is 4. The van der Waals surface area contributed by atoms with Crippen LogP contribution < -0.4 is 15.5 Å². The first kappa shape index (κ1) is 19.7. The molecule has 0 bridgehead atoms. The number of aromatic nitrogens is 4. The van der Waals surface area contributed by atoms with Crippen LogP contribution in [0, 0.1) is 0 Å². The van der Waals surface area contributed by atoms with Crippen molar-refractivity contribution in [1.82, 2.24) is 24.9 Å². The molecule has 6 heterocycles. The van der Waals surface area contributed by atoms with E-state index >= 15 is 0 Å². The van der Waals surface area contributed by atoms with E-state index in [9.17, 15) is 9.90 Å². The van der Waals surface area contributed by atoms with Crippen LogP contribution in [0.25, 0.3) is 16.8 Å². The Morgan fingerprint density at radius 1 is 1.09 bits per heavy atom. The number of carbonyl (C=O) groups is 1. The summed E-state index contributed by atoms with van der Waals surface area (Å²) in [5.41, 5.74) is 5.76. The maximum atomic E-state index is 12.7. The Bertz CT molecular complexity index is 1340. The van der Waals surface area contributed by atoms with Crippen LogP contribution in [-0.2, 0) is 6.54 Å². The van der Waals surface area contributed by atoms with Gasteiger partial charge < -0.3 is 20.6 Å². The Hall–Kier alpha value is -3.98. The SMILES string of the molecule is O=C1NCc2c(-c3ccnn4cccc34)ncc(Nc3ccc(N4CCC(O)CC4)cn3)c21. The van der Waals surface area contributed by atoms with Gasteiger partial charge in [-0.25, -0.2) is 9.50 Å². The average Bonchev–Trinajstić information content (AvgIpc) is 3.48. The molecule has 1 fully saturated rings. The summed E-state index contributed by atoms with van der Waals surface area (Å²) in [6.45, 7) is 2.06. The number of nitrogens with one attached hydrogen (secondary N) is 2. The first-order valence-electron chi connectivity index (χ1n) is 11.1. The molecule has 9 heteroatoms. The van der Waals surface area contributed by atoms with E-state index in [0.29, 0.717) is 23.6 Å². The number of anilines is 3. The largest absolute Gasteiger partial charge is 0.393 e. The summed E-state index contributed by atoms with van der Waals surface area (Å²) in [5, 5.41) is 20.2. The summed E-state index contributed by atoms with van der Waals surface area (Å²) < 4.78 is 1.80. The third kappa shape index (κ3) is 3.46. The highest BCUT2D eigenvalue weighted by Crippen LogP contribution is 2.34. The van der Waals surface area contributed by atoms with E-state index in [2.05, 4.69) is 25.6 Å². The Balaban J connectivity index is 1.31. The van der Waals surface area contributed by atoms with Crippen LogP contribution in [0.15, 0.2) is 55.1 Å². The molecule has 0 aliphatic carbocycles. The van der Waals surface area contributed by atoms with Gasteiger partial charge >= 0.3 is 0 Å². The van der Waals surface area contributed by atoms with Gasteiger partial charge in [0.05, 0.1) is 46.6 Å². The monoisotopic (exact) mass is 441 g/mol. The van der Waals surface area contributed by atoms with Crippen LogP contribution >= 0.6 is 0 Å². The molecule has 33 heavy (non-hydrogen) atoms. The Labute approximate surface area is 190 Å². The van der Waals surface area contributed by atoms with Crippen molar-refractivity contribution in [2.75, 3.05) is 23.3 Å². The number of piperidine rings is 1. The molecule has 0 spiro atoms. The number of pyridine rings is 2. The quantitative estimate of drug-likeness (QED) is 0.447. The van der Waals surface area contributed by atoms with Gasteiger partial charge in [0.1, 0.15) is 5.82 Å². The number of carbonyl (C=O) groups excluding carboxylic acids is 1. The van der Waals surface area contributed by atoms with Crippen LogP contribution in [0.3, 0.4) is 0 Å². The fraction of sp³-hybridized carbons (Fsp3) is 0.250. The molecule has 9 nitrogen and oxygen atoms in total. The molecule has 4 aromatic rings. The molecular weight excluding hydrogens is 418 g/mol. The predicted octanol–water partition coefficient (Wildman–Crippen LogP) is 2.74. The molecule has 2 aliphatic heterocycles. The second-order valence-electron chi connectivity index (χ2n) is 8.38. The Kier molecular flexibility index (Phi) is 4.69. The van der Waals surface area contributed by atoms with E-state index in [1.807, 2.05) is 42.7 Å². The van der Waals surface area contributed by atoms with Crippen molar-refractivity contribution in [2.45, 2.75) is 25.5 Å². The summed E-state index contributed by atoms with van der Waals surface area (Å²) in [5.74, 6) is 0.519. The van der Waals surface area contributed by atoms with Crippen LogP contribution in [0.5, 0.6) is 0 Å². The molecule has 1 saturated heterocycles. The van der Waals surface area contributed by atoms with E-state index in [1.54, 1.807) is 16.9 Å². The number of hydrogen-bond acceptors (Lipinski definition) is 7. The zero-order chi connectivity index (χ0) is 22.4. The van der Waals surface area contributed by atoms with Crippen molar-refractivity contribution in [3.05, 3.63) is 66.2 Å². The predicted molar refractivity (Wildman–Crippen MR) is 125 cm³/mol. The number of aliphatic hydroxyl groups excluding tert-OH is 1. The maximum absolute atomic E-state index is 12.7. The van der Waals surface area contributed by atoms with Crippen molar-refractivity contribution < 1.29 is 9.90 Å². The Morgan fingerprint density at radius 2 is 1.97 bits per heavy atom. The van der Waals surface area contributed by atoms with E-state index in [1.165, 1.54) is 0 Å². The highest BCUT2D eigenvalue weighted by molar-refractivity contribution is 6.06. The van der Waals surface area contributed by atoms with Crippen LogP contribution in [0.2, 0.25) is 0 Å². The minimum atomic E-state index is -0.209. The highest BCUT2D eigenvalue weighted by Gasteiger charge is 2.28. The van der Waals surface area contributed by atoms with Gasteiger partial charge in [-0.1, -0.05) is 0 Å². The lowest BCUT2D eigenvalue weighted by Crippen LogP contribution is -2.35. The molecular formula is C24H23N7O2. The first-order valence-corrected chi connectivity index (χ1v) is 11.1. The lowest BCUT2D eigenvalue weighted by atomic mass is 10.0. The number of amides is 1. The molecule has 4 aromatic heterocycles. The van der Waals surface area contributed by atoms with Crippen LogP contribution in [0.4, 0.5) is 17.2 Å². The Morgan fingerprint density at radius 3 is 2.79 bits per heavy atom. The normalized spacial score (nSPS) is 16.2. The van der Waals surface area contributed by atoms with Gasteiger partial charge in [0.15, 0.2) is 0 Å². The first-order chi connectivity index (χ1) is 16.2. The van der Waals surface area contributed by atoms with E-state index in [0.717, 1.165) is 54.0 Å². The molecule has 0 aromatic carbocycles. The molecule has 0 atom stereocenters. The van der Waals surface area contributed by atoms with E-state index in [-0.39, 0.29) is 12.0 Å². The van der Waals surface area contributed by atoms with Crippen molar-refractivity contribution in [3.63, 3.8) is 0 Å². The van der Waals surface area contributed by atoms with Crippen LogP contribution in [0.1, 0.15) is 28.8 Å². The van der Waals surface area contributed by atoms with Gasteiger partial charge in [-0.3, -0.25) is 9.78 Å². The van der Waals surface area contributed by atoms with Crippen molar-refractivity contribution >= 4 is 28.6 Å². The fourth-order valence-corrected chi connectivity index (χ4v) is 4.63. The van der Waals surface area contributed by atoms with Crippen LogP contribution in [-0.4, -0.2) is 49.8 Å². The second-order valence-corrected chi connectivity index (χ2v) is 8.38. The highest BCUT2D eigenvalue weighted by atomic mass is 16.3. The number of hydrogen-bond donors (Lipinski definition) is 3. The number of fused-ring (bicyclic) bond motifs is 2. The maximum Gasteiger partial charge on any atom is 0.254 e. The smallest absolute Gasteiger partial charge is 0.254 e. The standard InChI is InChI=1S/C24H23N7O2/c32-16-6-10-30(11-7-16)15-3-4-21(25-12-15)29-19-14-26-23(18-13-27-24(33)22(18)19)17-5-8-28-31-9-1-2-20(17)31/h1-5,8-9,12,14,16,32H,6-7,10-11,13H2,(H,25,29)(H,27,33). The number of aliphatic hydroxyl groups is 1. The van der Waals surface area contributed by atoms with E-state index < -0.39 is 0 Å². The third-order valence-corrected chi connectivity index (χ3v) is 6.36. The van der Waals surface area contributed by atoms with Gasteiger partial charge in [-0.05, 0) is 43.2 Å². The van der Waals surface area contributed by atoms with Gasteiger partial charge in [-0.2, -0.15) is 5.10 Å². The molecule has 0 saturated carbocycles. The van der Waals surface area contributed by atoms with Gasteiger partial charge in [-0.15, -0.1) is 0 Å². The summed E-state index contributed by atoms with van der Waals surface area (Å²) in [6.07, 6.45) is 8.47. The zero-order valence-electron chi connectivity index (χ0n) is 17.9. The molecule has 166 valence electrons. The molecule has 3 N–H and O–H groups in total. The zero-order valence-corrected chi connectivity index (χ0v) is 17.9. The molecule has 0 unspecified atom stereocenters. The van der Waals surface area contributed by atoms with Crippen molar-refractivity contribution in [3.8, 4) is 11.3 Å². The van der Waals surface area contributed by atoms with Gasteiger partial charge in [0, 0.05) is 43.2 Å². The third-order valence-electron chi connectivity index (χ3n) is 6.36. The molecule has 1 amide bonds. The van der Waals surface area contributed by atoms with Crippen molar-refractivity contribution in [1.29, 1.82) is 0 Å². The van der Waals surface area contributed by atoms with Crippen molar-refractivity contribution in [2.24, 2.45) is 0 Å². The minimum Gasteiger partial charge on any atom is -0.393 e. The fourth-order valence-electron chi connectivity index (χ4n) is 4.63. The molecule has 6 rings (SSSR count). The average molecular weight is 441 g/mol. The lowest BCUT2D eigenvalue weighted by molar-refractivity contribution is 0.0966. The summed E-state index contributed by atoms with van der Waals surface area (Å²) >= 11 is 0. The summed E-state index contributed by atoms with van der Waals surface area (Å²) in [4.78, 5) is 24.2.